The first-order valence-electron chi connectivity index (χ1n) is 13.7. The second-order valence-corrected chi connectivity index (χ2v) is 11.6. The van der Waals surface area contributed by atoms with Crippen LogP contribution in [0.25, 0.3) is 0 Å². The molecule has 38 heavy (non-hydrogen) atoms. The van der Waals surface area contributed by atoms with E-state index in [1.54, 1.807) is 4.90 Å². The Morgan fingerprint density at radius 2 is 1.58 bits per heavy atom. The maximum atomic E-state index is 12.5. The highest BCUT2D eigenvalue weighted by molar-refractivity contribution is 5.95. The van der Waals surface area contributed by atoms with Gasteiger partial charge in [0.2, 0.25) is 0 Å². The number of hydrogen-bond acceptors (Lipinski definition) is 6. The van der Waals surface area contributed by atoms with E-state index in [0.29, 0.717) is 19.6 Å². The molecule has 0 atom stereocenters. The van der Waals surface area contributed by atoms with Crippen molar-refractivity contribution in [3.8, 4) is 5.75 Å². The maximum absolute atomic E-state index is 12.5. The van der Waals surface area contributed by atoms with Gasteiger partial charge in [0.15, 0.2) is 0 Å². The highest BCUT2D eigenvalue weighted by atomic mass is 16.6. The Labute approximate surface area is 225 Å². The lowest BCUT2D eigenvalue weighted by atomic mass is 9.88. The van der Waals surface area contributed by atoms with Crippen molar-refractivity contribution < 1.29 is 23.8 Å². The van der Waals surface area contributed by atoms with E-state index < -0.39 is 5.60 Å². The predicted molar refractivity (Wildman–Crippen MR) is 147 cm³/mol. The van der Waals surface area contributed by atoms with Crippen LogP contribution in [0.4, 0.5) is 16.2 Å². The van der Waals surface area contributed by atoms with Crippen LogP contribution in [0.2, 0.25) is 0 Å². The normalized spacial score (nSPS) is 20.5. The molecule has 3 heterocycles. The van der Waals surface area contributed by atoms with Crippen LogP contribution in [0, 0.1) is 0 Å². The van der Waals surface area contributed by atoms with Crippen LogP contribution in [-0.4, -0.2) is 73.5 Å². The number of amides is 2. The highest BCUT2D eigenvalue weighted by Gasteiger charge is 2.42. The molecule has 3 aliphatic rings. The number of para-hydroxylation sites is 1. The second kappa shape index (κ2) is 10.8. The number of hydrogen-bond donors (Lipinski definition) is 0. The summed E-state index contributed by atoms with van der Waals surface area (Å²) in [6.45, 7) is 9.43. The van der Waals surface area contributed by atoms with Crippen LogP contribution in [0.5, 0.6) is 5.75 Å². The average molecular weight is 522 g/mol. The Kier molecular flexibility index (Phi) is 7.52. The molecule has 0 N–H and O–H groups in total. The molecule has 0 aromatic heterocycles. The molecule has 8 nitrogen and oxygen atoms in total. The second-order valence-electron chi connectivity index (χ2n) is 11.6. The van der Waals surface area contributed by atoms with Gasteiger partial charge in [-0.3, -0.25) is 4.79 Å². The largest absolute Gasteiger partial charge is 0.490 e. The molecule has 0 saturated carbocycles. The molecule has 0 bridgehead atoms. The first kappa shape index (κ1) is 26.4. The maximum Gasteiger partial charge on any atom is 0.410 e. The highest BCUT2D eigenvalue weighted by Crippen LogP contribution is 2.35. The van der Waals surface area contributed by atoms with Gasteiger partial charge >= 0.3 is 6.09 Å². The van der Waals surface area contributed by atoms with Crippen LogP contribution in [0.3, 0.4) is 0 Å². The molecule has 2 aromatic rings. The molecule has 3 fully saturated rings. The molecular weight excluding hydrogens is 482 g/mol. The first-order chi connectivity index (χ1) is 18.2. The summed E-state index contributed by atoms with van der Waals surface area (Å²) >= 11 is 0. The monoisotopic (exact) mass is 521 g/mol. The standard InChI is InChI=1S/C30H39N3O5/c1-29(2,3)38-28(35)32-17-13-26(14-18-32)37-25-11-9-23(10-12-25)31-19-15-30(16-20-31)22-33(27(34)21-36-30)24-7-5-4-6-8-24/h4-12,26H,13-22H2,1-3H3. The predicted octanol–water partition coefficient (Wildman–Crippen LogP) is 4.87. The zero-order chi connectivity index (χ0) is 26.8. The molecule has 0 radical (unpaired) electrons. The van der Waals surface area contributed by atoms with Gasteiger partial charge in [-0.1, -0.05) is 18.2 Å². The molecular formula is C30H39N3O5. The van der Waals surface area contributed by atoms with Gasteiger partial charge in [-0.15, -0.1) is 0 Å². The molecule has 3 saturated heterocycles. The number of ether oxygens (including phenoxy) is 3. The van der Waals surface area contributed by atoms with Crippen molar-refractivity contribution in [1.82, 2.24) is 4.90 Å². The van der Waals surface area contributed by atoms with Crippen molar-refractivity contribution in [3.63, 3.8) is 0 Å². The zero-order valence-corrected chi connectivity index (χ0v) is 22.7. The van der Waals surface area contributed by atoms with E-state index in [-0.39, 0.29) is 30.3 Å². The number of rotatable bonds is 4. The van der Waals surface area contributed by atoms with E-state index >= 15 is 0 Å². The number of benzene rings is 2. The van der Waals surface area contributed by atoms with Crippen molar-refractivity contribution in [2.45, 2.75) is 63.8 Å². The van der Waals surface area contributed by atoms with Gasteiger partial charge in [-0.05, 0) is 70.0 Å². The summed E-state index contributed by atoms with van der Waals surface area (Å²) in [6, 6.07) is 18.2. The number of likely N-dealkylation sites (tertiary alicyclic amines) is 1. The lowest BCUT2D eigenvalue weighted by Gasteiger charge is -2.47. The third-order valence-corrected chi connectivity index (χ3v) is 7.59. The molecule has 0 aliphatic carbocycles. The summed E-state index contributed by atoms with van der Waals surface area (Å²) in [5.41, 5.74) is 1.33. The third kappa shape index (κ3) is 6.23. The van der Waals surface area contributed by atoms with Crippen molar-refractivity contribution >= 4 is 23.4 Å². The van der Waals surface area contributed by atoms with Crippen LogP contribution in [0.1, 0.15) is 46.5 Å². The Balaban J connectivity index is 1.11. The van der Waals surface area contributed by atoms with E-state index in [1.807, 2.05) is 68.1 Å². The van der Waals surface area contributed by atoms with Crippen molar-refractivity contribution in [2.24, 2.45) is 0 Å². The van der Waals surface area contributed by atoms with Gasteiger partial charge in [0, 0.05) is 50.4 Å². The zero-order valence-electron chi connectivity index (χ0n) is 22.7. The molecule has 8 heteroatoms. The average Bonchev–Trinajstić information content (AvgIpc) is 2.91. The Morgan fingerprint density at radius 1 is 0.921 bits per heavy atom. The van der Waals surface area contributed by atoms with E-state index in [2.05, 4.69) is 17.0 Å². The Hall–Kier alpha value is -3.26. The molecule has 5 rings (SSSR count). The molecule has 2 aromatic carbocycles. The van der Waals surface area contributed by atoms with Crippen LogP contribution < -0.4 is 14.5 Å². The molecule has 204 valence electrons. The minimum atomic E-state index is -0.480. The minimum absolute atomic E-state index is 0.0235. The number of nitrogens with zero attached hydrogens (tertiary/aromatic N) is 3. The number of carbonyl (C=O) groups is 2. The van der Waals surface area contributed by atoms with E-state index in [1.165, 1.54) is 5.69 Å². The number of anilines is 2. The smallest absolute Gasteiger partial charge is 0.410 e. The van der Waals surface area contributed by atoms with Gasteiger partial charge in [0.25, 0.3) is 5.91 Å². The van der Waals surface area contributed by atoms with Gasteiger partial charge in [-0.2, -0.15) is 0 Å². The summed E-state index contributed by atoms with van der Waals surface area (Å²) in [7, 11) is 0. The van der Waals surface area contributed by atoms with E-state index in [0.717, 1.165) is 50.2 Å². The summed E-state index contributed by atoms with van der Waals surface area (Å²) < 4.78 is 17.8. The topological polar surface area (TPSA) is 71.5 Å². The van der Waals surface area contributed by atoms with E-state index in [4.69, 9.17) is 14.2 Å². The number of piperidine rings is 2. The van der Waals surface area contributed by atoms with E-state index in [9.17, 15) is 9.59 Å². The van der Waals surface area contributed by atoms with Crippen molar-refractivity contribution in [1.29, 1.82) is 0 Å². The third-order valence-electron chi connectivity index (χ3n) is 7.59. The molecule has 3 aliphatic heterocycles. The Bertz CT molecular complexity index is 1100. The SMILES string of the molecule is CC(C)(C)OC(=O)N1CCC(Oc2ccc(N3CCC4(CC3)CN(c3ccccc3)C(=O)CO4)cc2)CC1. The van der Waals surface area contributed by atoms with Crippen LogP contribution >= 0.6 is 0 Å². The lowest BCUT2D eigenvalue weighted by Crippen LogP contribution is -2.59. The van der Waals surface area contributed by atoms with Crippen LogP contribution in [0.15, 0.2) is 54.6 Å². The van der Waals surface area contributed by atoms with Gasteiger partial charge in [-0.25, -0.2) is 4.79 Å². The fourth-order valence-electron chi connectivity index (χ4n) is 5.44. The molecule has 0 unspecified atom stereocenters. The quantitative estimate of drug-likeness (QED) is 0.572. The van der Waals surface area contributed by atoms with Crippen LogP contribution in [-0.2, 0) is 14.3 Å². The summed E-state index contributed by atoms with van der Waals surface area (Å²) in [4.78, 5) is 30.8. The first-order valence-corrected chi connectivity index (χ1v) is 13.7. The van der Waals surface area contributed by atoms with Gasteiger partial charge in [0.1, 0.15) is 24.1 Å². The van der Waals surface area contributed by atoms with Gasteiger partial charge in [0.05, 0.1) is 12.1 Å². The fourth-order valence-corrected chi connectivity index (χ4v) is 5.44. The fraction of sp³-hybridized carbons (Fsp3) is 0.533. The summed E-state index contributed by atoms with van der Waals surface area (Å²) in [5, 5.41) is 0. The minimum Gasteiger partial charge on any atom is -0.490 e. The Morgan fingerprint density at radius 3 is 2.21 bits per heavy atom. The summed E-state index contributed by atoms with van der Waals surface area (Å²) in [5.74, 6) is 0.876. The van der Waals surface area contributed by atoms with Crippen molar-refractivity contribution in [3.05, 3.63) is 54.6 Å². The lowest BCUT2D eigenvalue weighted by molar-refractivity contribution is -0.141. The van der Waals surface area contributed by atoms with Crippen molar-refractivity contribution in [2.75, 3.05) is 49.1 Å². The molecule has 2 amide bonds. The van der Waals surface area contributed by atoms with Gasteiger partial charge < -0.3 is 28.9 Å². The number of carbonyl (C=O) groups excluding carboxylic acids is 2. The molecule has 1 spiro atoms. The summed E-state index contributed by atoms with van der Waals surface area (Å²) in [6.07, 6.45) is 3.17. The number of morpholine rings is 1.